The van der Waals surface area contributed by atoms with Crippen molar-refractivity contribution in [3.63, 3.8) is 0 Å². The summed E-state index contributed by atoms with van der Waals surface area (Å²) in [7, 11) is 0. The molecule has 0 unspecified atom stereocenters. The van der Waals surface area contributed by atoms with Gasteiger partial charge in [0.1, 0.15) is 0 Å². The highest BCUT2D eigenvalue weighted by atomic mass is 16.3. The molecule has 1 heterocycles. The van der Waals surface area contributed by atoms with Gasteiger partial charge < -0.3 is 10.5 Å². The Labute approximate surface area is 77.3 Å². The fourth-order valence-corrected chi connectivity index (χ4v) is 0.882. The van der Waals surface area contributed by atoms with E-state index < -0.39 is 0 Å². The maximum absolute atomic E-state index is 8.51. The van der Waals surface area contributed by atoms with Crippen molar-refractivity contribution in [1.29, 1.82) is 0 Å². The van der Waals surface area contributed by atoms with Crippen LogP contribution in [-0.2, 0) is 0 Å². The molecule has 1 rings (SSSR count). The third-order valence-corrected chi connectivity index (χ3v) is 1.57. The summed E-state index contributed by atoms with van der Waals surface area (Å²) in [5.74, 6) is 0. The van der Waals surface area contributed by atoms with Crippen LogP contribution >= 0.6 is 0 Å². The molecule has 0 amide bonds. The maximum atomic E-state index is 8.51. The van der Waals surface area contributed by atoms with Gasteiger partial charge in [-0.3, -0.25) is 4.98 Å². The first-order chi connectivity index (χ1) is 6.34. The minimum absolute atomic E-state index is 0.0904. The topological polar surface area (TPSA) is 57.5 Å². The smallest absolute Gasteiger partial charge is 0.0645 e. The number of aliphatic hydroxyl groups excluding tert-OH is 1. The van der Waals surface area contributed by atoms with Crippen LogP contribution < -0.4 is 5.43 Å². The van der Waals surface area contributed by atoms with Gasteiger partial charge in [0.2, 0.25) is 0 Å². The molecular formula is C9H13N3O. The van der Waals surface area contributed by atoms with Crippen LogP contribution in [0.3, 0.4) is 0 Å². The van der Waals surface area contributed by atoms with Crippen molar-refractivity contribution in [2.45, 2.75) is 6.92 Å². The molecule has 0 aliphatic carbocycles. The molecule has 0 bridgehead atoms. The summed E-state index contributed by atoms with van der Waals surface area (Å²) in [5.41, 5.74) is 4.66. The van der Waals surface area contributed by atoms with Crippen molar-refractivity contribution in [3.05, 3.63) is 30.1 Å². The van der Waals surface area contributed by atoms with E-state index in [2.05, 4.69) is 15.5 Å². The molecule has 2 N–H and O–H groups in total. The molecule has 0 radical (unpaired) electrons. The molecule has 0 atom stereocenters. The highest BCUT2D eigenvalue weighted by molar-refractivity contribution is 5.98. The molecule has 0 saturated carbocycles. The van der Waals surface area contributed by atoms with Gasteiger partial charge in [-0.05, 0) is 19.1 Å². The lowest BCUT2D eigenvalue weighted by atomic mass is 10.2. The fourth-order valence-electron chi connectivity index (χ4n) is 0.882. The second-order valence-electron chi connectivity index (χ2n) is 2.56. The Hall–Kier alpha value is -1.42. The van der Waals surface area contributed by atoms with Gasteiger partial charge in [-0.25, -0.2) is 0 Å². The van der Waals surface area contributed by atoms with Crippen LogP contribution in [0.25, 0.3) is 0 Å². The summed E-state index contributed by atoms with van der Waals surface area (Å²) in [4.78, 5) is 3.91. The van der Waals surface area contributed by atoms with E-state index >= 15 is 0 Å². The molecule has 0 saturated heterocycles. The summed E-state index contributed by atoms with van der Waals surface area (Å²) < 4.78 is 0. The monoisotopic (exact) mass is 179 g/mol. The Balaban J connectivity index is 2.57. The number of hydrazone groups is 1. The van der Waals surface area contributed by atoms with Gasteiger partial charge in [-0.1, -0.05) is 0 Å². The zero-order valence-corrected chi connectivity index (χ0v) is 7.57. The van der Waals surface area contributed by atoms with Crippen LogP contribution in [0.15, 0.2) is 29.6 Å². The lowest BCUT2D eigenvalue weighted by Gasteiger charge is -2.00. The van der Waals surface area contributed by atoms with E-state index in [1.54, 1.807) is 12.4 Å². The van der Waals surface area contributed by atoms with Crippen LogP contribution in [0.2, 0.25) is 0 Å². The summed E-state index contributed by atoms with van der Waals surface area (Å²) in [6.45, 7) is 2.47. The van der Waals surface area contributed by atoms with Crippen molar-refractivity contribution in [2.75, 3.05) is 13.2 Å². The normalized spacial score (nSPS) is 11.4. The highest BCUT2D eigenvalue weighted by Crippen LogP contribution is 1.97. The van der Waals surface area contributed by atoms with Gasteiger partial charge in [0, 0.05) is 18.0 Å². The number of pyridine rings is 1. The zero-order valence-electron chi connectivity index (χ0n) is 7.57. The predicted octanol–water partition coefficient (Wildman–Crippen LogP) is 0.387. The average Bonchev–Trinajstić information content (AvgIpc) is 2.19. The molecule has 0 aliphatic rings. The minimum Gasteiger partial charge on any atom is -0.394 e. The molecule has 0 aromatic carbocycles. The van der Waals surface area contributed by atoms with E-state index in [4.69, 9.17) is 5.11 Å². The average molecular weight is 179 g/mol. The molecule has 0 aliphatic heterocycles. The first-order valence-corrected chi connectivity index (χ1v) is 4.13. The molecule has 4 nitrogen and oxygen atoms in total. The summed E-state index contributed by atoms with van der Waals surface area (Å²) >= 11 is 0. The van der Waals surface area contributed by atoms with Gasteiger partial charge in [0.05, 0.1) is 18.9 Å². The second-order valence-corrected chi connectivity index (χ2v) is 2.56. The van der Waals surface area contributed by atoms with Crippen molar-refractivity contribution in [1.82, 2.24) is 10.4 Å². The third-order valence-electron chi connectivity index (χ3n) is 1.57. The maximum Gasteiger partial charge on any atom is 0.0645 e. The molecule has 70 valence electrons. The molecule has 4 heteroatoms. The van der Waals surface area contributed by atoms with Crippen LogP contribution in [-0.4, -0.2) is 29.0 Å². The highest BCUT2D eigenvalue weighted by Gasteiger charge is 1.94. The Bertz CT molecular complexity index is 271. The quantitative estimate of drug-likeness (QED) is 0.399. The second kappa shape index (κ2) is 5.27. The van der Waals surface area contributed by atoms with Gasteiger partial charge >= 0.3 is 0 Å². The predicted molar refractivity (Wildman–Crippen MR) is 51.5 cm³/mol. The van der Waals surface area contributed by atoms with Crippen molar-refractivity contribution >= 4 is 5.71 Å². The van der Waals surface area contributed by atoms with E-state index in [1.165, 1.54) is 0 Å². The van der Waals surface area contributed by atoms with Gasteiger partial charge in [-0.15, -0.1) is 0 Å². The van der Waals surface area contributed by atoms with Gasteiger partial charge in [-0.2, -0.15) is 5.10 Å². The van der Waals surface area contributed by atoms with E-state index in [-0.39, 0.29) is 6.61 Å². The van der Waals surface area contributed by atoms with Crippen LogP contribution in [0.5, 0.6) is 0 Å². The lowest BCUT2D eigenvalue weighted by Crippen LogP contribution is -2.13. The lowest BCUT2D eigenvalue weighted by molar-refractivity contribution is 0.293. The van der Waals surface area contributed by atoms with Crippen molar-refractivity contribution in [3.8, 4) is 0 Å². The summed E-state index contributed by atoms with van der Waals surface area (Å²) in [6, 6.07) is 3.78. The van der Waals surface area contributed by atoms with Crippen LogP contribution in [0, 0.1) is 0 Å². The summed E-state index contributed by atoms with van der Waals surface area (Å²) in [6.07, 6.45) is 3.45. The Kier molecular flexibility index (Phi) is 3.92. The molecule has 13 heavy (non-hydrogen) atoms. The van der Waals surface area contributed by atoms with E-state index in [9.17, 15) is 0 Å². The molecular weight excluding hydrogens is 166 g/mol. The number of aromatic nitrogens is 1. The Morgan fingerprint density at radius 2 is 2.23 bits per heavy atom. The first-order valence-electron chi connectivity index (χ1n) is 4.13. The molecule has 1 aromatic rings. The fraction of sp³-hybridized carbons (Fsp3) is 0.333. The third kappa shape index (κ3) is 3.21. The number of rotatable bonds is 4. The first kappa shape index (κ1) is 9.67. The zero-order chi connectivity index (χ0) is 9.52. The van der Waals surface area contributed by atoms with E-state index in [0.29, 0.717) is 6.54 Å². The number of nitrogens with one attached hydrogen (secondary N) is 1. The number of hydrogen-bond donors (Lipinski definition) is 2. The van der Waals surface area contributed by atoms with Crippen molar-refractivity contribution < 1.29 is 5.11 Å². The Morgan fingerprint density at radius 3 is 2.85 bits per heavy atom. The number of aliphatic hydroxyl groups is 1. The van der Waals surface area contributed by atoms with Crippen molar-refractivity contribution in [2.24, 2.45) is 5.10 Å². The van der Waals surface area contributed by atoms with Gasteiger partial charge in [0.15, 0.2) is 0 Å². The standard InChI is InChI=1S/C9H13N3O/c1-8(12-11-6-7-13)9-2-4-10-5-3-9/h2-5,11,13H,6-7H2,1H3. The molecule has 0 fully saturated rings. The number of hydrogen-bond acceptors (Lipinski definition) is 4. The largest absolute Gasteiger partial charge is 0.394 e. The molecule has 1 aromatic heterocycles. The minimum atomic E-state index is 0.0904. The SMILES string of the molecule is CC(=NNCCO)c1ccncc1. The van der Waals surface area contributed by atoms with Crippen LogP contribution in [0.4, 0.5) is 0 Å². The van der Waals surface area contributed by atoms with Gasteiger partial charge in [0.25, 0.3) is 0 Å². The number of nitrogens with zero attached hydrogens (tertiary/aromatic N) is 2. The van der Waals surface area contributed by atoms with Crippen LogP contribution in [0.1, 0.15) is 12.5 Å². The van der Waals surface area contributed by atoms with E-state index in [1.807, 2.05) is 19.1 Å². The summed E-state index contributed by atoms with van der Waals surface area (Å²) in [5, 5.41) is 12.6. The molecule has 0 spiro atoms. The van der Waals surface area contributed by atoms with E-state index in [0.717, 1.165) is 11.3 Å². The Morgan fingerprint density at radius 1 is 1.54 bits per heavy atom.